The first-order valence-electron chi connectivity index (χ1n) is 6.47. The molecule has 1 aromatic carbocycles. The van der Waals surface area contributed by atoms with Gasteiger partial charge in [-0.3, -0.25) is 14.3 Å². The minimum atomic E-state index is -4.67. The Morgan fingerprint density at radius 3 is 2.32 bits per heavy atom. The number of hydrogen-bond acceptors (Lipinski definition) is 5. The van der Waals surface area contributed by atoms with Gasteiger partial charge in [-0.15, -0.1) is 5.17 Å². The van der Waals surface area contributed by atoms with Crippen molar-refractivity contribution in [1.82, 2.24) is 10.6 Å². The summed E-state index contributed by atoms with van der Waals surface area (Å²) < 4.78 is 31.6. The van der Waals surface area contributed by atoms with Gasteiger partial charge < -0.3 is 0 Å². The molecule has 1 aliphatic rings. The Hall–Kier alpha value is -0.450. The Labute approximate surface area is 139 Å². The highest BCUT2D eigenvalue weighted by Crippen LogP contribution is 2.43. The highest BCUT2D eigenvalue weighted by Gasteiger charge is 2.46. The third-order valence-corrected chi connectivity index (χ3v) is 3.79. The molecule has 0 unspecified atom stereocenters. The summed E-state index contributed by atoms with van der Waals surface area (Å²) in [5, 5.41) is 11.4. The maximum atomic E-state index is 9.56. The minimum absolute atomic E-state index is 0.565. The summed E-state index contributed by atoms with van der Waals surface area (Å²) in [6.07, 6.45) is 3.43. The van der Waals surface area contributed by atoms with E-state index in [-0.39, 0.29) is 0 Å². The van der Waals surface area contributed by atoms with E-state index in [2.05, 4.69) is 5.43 Å². The molecule has 7 nitrogen and oxygen atoms in total. The number of halogens is 2. The summed E-state index contributed by atoms with van der Waals surface area (Å²) in [7, 11) is -4.67. The fourth-order valence-electron chi connectivity index (χ4n) is 1.62. The molecule has 4 N–H and O–H groups in total. The van der Waals surface area contributed by atoms with Crippen molar-refractivity contribution in [2.45, 2.75) is 30.7 Å². The standard InChI is InChI=1S/C12H16Cl2N2O.H2O4S/c13-11-6-2-1-4-10(11)5-3-9-15-16(17)12(14)7-8-12;1-5(2,3)4/h1-2,4,6,15,17H,3,5,7-9H2;(H2,1,2,3,4). The van der Waals surface area contributed by atoms with Crippen LogP contribution in [-0.2, 0) is 16.8 Å². The fraction of sp³-hybridized carbons (Fsp3) is 0.500. The molecule has 0 saturated heterocycles. The summed E-state index contributed by atoms with van der Waals surface area (Å²) >= 11 is 12.1. The molecule has 1 fully saturated rings. The Bertz CT molecular complexity index is 573. The van der Waals surface area contributed by atoms with Crippen molar-refractivity contribution in [3.63, 3.8) is 0 Å². The van der Waals surface area contributed by atoms with E-state index in [4.69, 9.17) is 40.7 Å². The minimum Gasteiger partial charge on any atom is -0.297 e. The van der Waals surface area contributed by atoms with E-state index in [9.17, 15) is 5.21 Å². The second-order valence-electron chi connectivity index (χ2n) is 4.78. The lowest BCUT2D eigenvalue weighted by Crippen LogP contribution is -2.42. The summed E-state index contributed by atoms with van der Waals surface area (Å²) in [5.41, 5.74) is 4.02. The Kier molecular flexibility index (Phi) is 7.50. The summed E-state index contributed by atoms with van der Waals surface area (Å²) in [6.45, 7) is 0.677. The quantitative estimate of drug-likeness (QED) is 0.199. The fourth-order valence-corrected chi connectivity index (χ4v) is 2.01. The second-order valence-corrected chi connectivity index (χ2v) is 6.79. The molecule has 2 rings (SSSR count). The molecule has 1 saturated carbocycles. The van der Waals surface area contributed by atoms with E-state index in [1.54, 1.807) is 0 Å². The molecule has 0 amide bonds. The lowest BCUT2D eigenvalue weighted by atomic mass is 10.1. The molecule has 0 atom stereocenters. The molecule has 126 valence electrons. The number of nitrogens with zero attached hydrogens (tertiary/aromatic N) is 1. The zero-order valence-corrected chi connectivity index (χ0v) is 13.9. The number of hydrogen-bond donors (Lipinski definition) is 4. The molecule has 0 aromatic heterocycles. The van der Waals surface area contributed by atoms with Gasteiger partial charge in [0.05, 0.1) is 0 Å². The summed E-state index contributed by atoms with van der Waals surface area (Å²) in [4.78, 5) is -0.565. The van der Waals surface area contributed by atoms with Gasteiger partial charge in [0.25, 0.3) is 0 Å². The Morgan fingerprint density at radius 2 is 1.82 bits per heavy atom. The normalized spacial score (nSPS) is 16.1. The maximum absolute atomic E-state index is 9.56. The molecule has 22 heavy (non-hydrogen) atoms. The van der Waals surface area contributed by atoms with Crippen molar-refractivity contribution in [3.05, 3.63) is 34.9 Å². The van der Waals surface area contributed by atoms with Crippen LogP contribution in [0, 0.1) is 0 Å². The third kappa shape index (κ3) is 8.25. The summed E-state index contributed by atoms with van der Waals surface area (Å²) in [5.74, 6) is 0. The van der Waals surface area contributed by atoms with E-state index in [0.29, 0.717) is 6.54 Å². The van der Waals surface area contributed by atoms with Gasteiger partial charge in [-0.2, -0.15) is 8.42 Å². The van der Waals surface area contributed by atoms with Gasteiger partial charge in [0.2, 0.25) is 0 Å². The predicted molar refractivity (Wildman–Crippen MR) is 83.4 cm³/mol. The zero-order valence-electron chi connectivity index (χ0n) is 11.6. The van der Waals surface area contributed by atoms with Gasteiger partial charge in [-0.05, 0) is 37.3 Å². The van der Waals surface area contributed by atoms with Crippen LogP contribution in [0.2, 0.25) is 5.02 Å². The SMILES string of the molecule is O=S(=O)(O)O.ON(NCCCc1ccccc1Cl)C1(Cl)CC1. The monoisotopic (exact) mass is 372 g/mol. The van der Waals surface area contributed by atoms with Crippen LogP contribution in [0.5, 0.6) is 0 Å². The van der Waals surface area contributed by atoms with Crippen molar-refractivity contribution in [2.75, 3.05) is 6.54 Å². The molecule has 10 heteroatoms. The molecule has 0 radical (unpaired) electrons. The molecule has 1 aromatic rings. The van der Waals surface area contributed by atoms with Crippen molar-refractivity contribution >= 4 is 33.6 Å². The number of alkyl halides is 1. The van der Waals surface area contributed by atoms with E-state index < -0.39 is 15.4 Å². The van der Waals surface area contributed by atoms with Gasteiger partial charge in [0, 0.05) is 11.6 Å². The van der Waals surface area contributed by atoms with E-state index in [1.807, 2.05) is 24.3 Å². The molecule has 0 aliphatic heterocycles. The van der Waals surface area contributed by atoms with Crippen LogP contribution in [0.15, 0.2) is 24.3 Å². The van der Waals surface area contributed by atoms with Crippen LogP contribution in [0.4, 0.5) is 0 Å². The van der Waals surface area contributed by atoms with Gasteiger partial charge >= 0.3 is 10.4 Å². The second kappa shape index (κ2) is 8.42. The first-order valence-corrected chi connectivity index (χ1v) is 8.62. The molecule has 0 heterocycles. The van der Waals surface area contributed by atoms with Gasteiger partial charge in [0.15, 0.2) is 0 Å². The topological polar surface area (TPSA) is 110 Å². The Morgan fingerprint density at radius 1 is 1.27 bits per heavy atom. The Balaban J connectivity index is 0.000000422. The van der Waals surface area contributed by atoms with Crippen molar-refractivity contribution < 1.29 is 22.7 Å². The highest BCUT2D eigenvalue weighted by atomic mass is 35.5. The number of nitrogens with one attached hydrogen (secondary N) is 1. The summed E-state index contributed by atoms with van der Waals surface area (Å²) in [6, 6.07) is 7.80. The number of aryl methyl sites for hydroxylation is 1. The van der Waals surface area contributed by atoms with E-state index in [1.165, 1.54) is 0 Å². The zero-order chi connectivity index (χ0) is 16.8. The lowest BCUT2D eigenvalue weighted by Gasteiger charge is -2.20. The first kappa shape index (κ1) is 19.6. The van der Waals surface area contributed by atoms with E-state index in [0.717, 1.165) is 41.4 Å². The van der Waals surface area contributed by atoms with Crippen molar-refractivity contribution in [1.29, 1.82) is 0 Å². The molecular weight excluding hydrogens is 355 g/mol. The lowest BCUT2D eigenvalue weighted by molar-refractivity contribution is -0.157. The van der Waals surface area contributed by atoms with Gasteiger partial charge in [0.1, 0.15) is 5.00 Å². The van der Waals surface area contributed by atoms with Crippen molar-refractivity contribution in [3.8, 4) is 0 Å². The maximum Gasteiger partial charge on any atom is 0.394 e. The van der Waals surface area contributed by atoms with Gasteiger partial charge in [-0.1, -0.05) is 41.4 Å². The van der Waals surface area contributed by atoms with Crippen LogP contribution in [-0.4, -0.2) is 39.4 Å². The predicted octanol–water partition coefficient (Wildman–Crippen LogP) is 2.54. The third-order valence-electron chi connectivity index (χ3n) is 2.88. The van der Waals surface area contributed by atoms with Crippen LogP contribution in [0.3, 0.4) is 0 Å². The molecular formula is C12H18Cl2N2O5S. The van der Waals surface area contributed by atoms with Crippen molar-refractivity contribution in [2.24, 2.45) is 0 Å². The van der Waals surface area contributed by atoms with Crippen LogP contribution >= 0.6 is 23.2 Å². The molecule has 0 bridgehead atoms. The number of hydrazine groups is 1. The first-order chi connectivity index (χ1) is 10.1. The average Bonchev–Trinajstić information content (AvgIpc) is 3.14. The smallest absolute Gasteiger partial charge is 0.297 e. The largest absolute Gasteiger partial charge is 0.394 e. The van der Waals surface area contributed by atoms with Crippen LogP contribution < -0.4 is 5.43 Å². The number of hydroxylamine groups is 1. The van der Waals surface area contributed by atoms with Gasteiger partial charge in [-0.25, -0.2) is 5.43 Å². The number of rotatable bonds is 6. The molecule has 0 spiro atoms. The highest BCUT2D eigenvalue weighted by molar-refractivity contribution is 7.79. The van der Waals surface area contributed by atoms with Crippen LogP contribution in [0.1, 0.15) is 24.8 Å². The molecule has 1 aliphatic carbocycles. The van der Waals surface area contributed by atoms with Crippen LogP contribution in [0.25, 0.3) is 0 Å². The average molecular weight is 373 g/mol. The van der Waals surface area contributed by atoms with E-state index >= 15 is 0 Å². The number of benzene rings is 1.